The van der Waals surface area contributed by atoms with E-state index < -0.39 is 0 Å². The average Bonchev–Trinajstić information content (AvgIpc) is 2.50. The van der Waals surface area contributed by atoms with Crippen LogP contribution in [-0.2, 0) is 0 Å². The predicted molar refractivity (Wildman–Crippen MR) is 86.2 cm³/mol. The van der Waals surface area contributed by atoms with Gasteiger partial charge in [-0.05, 0) is 26.6 Å². The highest BCUT2D eigenvalue weighted by atomic mass is 16.5. The van der Waals surface area contributed by atoms with Crippen LogP contribution in [0.5, 0.6) is 5.75 Å². The van der Waals surface area contributed by atoms with E-state index in [0.717, 1.165) is 44.0 Å². The summed E-state index contributed by atoms with van der Waals surface area (Å²) in [6, 6.07) is 8.59. The van der Waals surface area contributed by atoms with Gasteiger partial charge in [0, 0.05) is 31.2 Å². The van der Waals surface area contributed by atoms with Gasteiger partial charge in [-0.3, -0.25) is 16.2 Å². The average molecular weight is 292 g/mol. The molecule has 1 fully saturated rings. The van der Waals surface area contributed by atoms with Crippen LogP contribution in [0, 0.1) is 0 Å². The Morgan fingerprint density at radius 2 is 2.10 bits per heavy atom. The molecule has 5 nitrogen and oxygen atoms in total. The molecular formula is C16H28N4O. The molecule has 1 aromatic carbocycles. The predicted octanol–water partition coefficient (Wildman–Crippen LogP) is 1.23. The minimum Gasteiger partial charge on any atom is -0.493 e. The highest BCUT2D eigenvalue weighted by Gasteiger charge is 2.31. The molecule has 118 valence electrons. The Bertz CT molecular complexity index is 440. The van der Waals surface area contributed by atoms with Crippen LogP contribution in [0.1, 0.15) is 24.9 Å². The summed E-state index contributed by atoms with van der Waals surface area (Å²) in [5.41, 5.74) is 4.15. The van der Waals surface area contributed by atoms with Gasteiger partial charge in [-0.15, -0.1) is 0 Å². The van der Waals surface area contributed by atoms with Crippen molar-refractivity contribution >= 4 is 0 Å². The summed E-state index contributed by atoms with van der Waals surface area (Å²) in [7, 11) is 4.32. The topological polar surface area (TPSA) is 53.8 Å². The number of hydrogen-bond donors (Lipinski definition) is 2. The van der Waals surface area contributed by atoms with Gasteiger partial charge >= 0.3 is 0 Å². The quantitative estimate of drug-likeness (QED) is 0.610. The van der Waals surface area contributed by atoms with Gasteiger partial charge < -0.3 is 9.64 Å². The lowest BCUT2D eigenvalue weighted by atomic mass is 9.96. The number of likely N-dealkylation sites (N-methyl/N-ethyl adjacent to an activating group) is 2. The third-order valence-corrected chi connectivity index (χ3v) is 4.18. The van der Waals surface area contributed by atoms with Crippen molar-refractivity contribution in [1.82, 2.24) is 15.2 Å². The molecule has 1 aliphatic heterocycles. The fourth-order valence-corrected chi connectivity index (χ4v) is 2.89. The molecule has 1 aromatic rings. The molecule has 1 saturated heterocycles. The van der Waals surface area contributed by atoms with Gasteiger partial charge in [0.05, 0.1) is 12.6 Å². The summed E-state index contributed by atoms with van der Waals surface area (Å²) >= 11 is 0. The summed E-state index contributed by atoms with van der Waals surface area (Å²) in [4.78, 5) is 4.73. The zero-order valence-electron chi connectivity index (χ0n) is 13.4. The molecule has 2 unspecified atom stereocenters. The lowest BCUT2D eigenvalue weighted by molar-refractivity contribution is 0.0867. The summed E-state index contributed by atoms with van der Waals surface area (Å²) in [5.74, 6) is 6.82. The first-order valence-corrected chi connectivity index (χ1v) is 7.74. The number of nitrogens with one attached hydrogen (secondary N) is 1. The molecule has 0 saturated carbocycles. The second-order valence-electron chi connectivity index (χ2n) is 5.84. The van der Waals surface area contributed by atoms with E-state index in [2.05, 4.69) is 42.3 Å². The zero-order valence-corrected chi connectivity index (χ0v) is 13.4. The van der Waals surface area contributed by atoms with E-state index >= 15 is 0 Å². The first kappa shape index (κ1) is 16.2. The number of para-hydroxylation sites is 1. The van der Waals surface area contributed by atoms with Crippen molar-refractivity contribution in [1.29, 1.82) is 0 Å². The third kappa shape index (κ3) is 3.95. The van der Waals surface area contributed by atoms with E-state index in [0.29, 0.717) is 6.04 Å². The Morgan fingerprint density at radius 1 is 1.33 bits per heavy atom. The molecule has 5 heteroatoms. The highest BCUT2D eigenvalue weighted by Crippen LogP contribution is 2.30. The van der Waals surface area contributed by atoms with Crippen LogP contribution in [0.2, 0.25) is 0 Å². The lowest BCUT2D eigenvalue weighted by Crippen LogP contribution is -2.56. The molecule has 0 bridgehead atoms. The molecule has 2 rings (SSSR count). The number of hydrogen-bond acceptors (Lipinski definition) is 5. The van der Waals surface area contributed by atoms with E-state index in [9.17, 15) is 0 Å². The number of benzene rings is 1. The number of nitrogens with zero attached hydrogens (tertiary/aromatic N) is 2. The summed E-state index contributed by atoms with van der Waals surface area (Å²) in [6.07, 6.45) is 1.00. The molecule has 1 heterocycles. The monoisotopic (exact) mass is 292 g/mol. The minimum absolute atomic E-state index is 0.0609. The Balaban J connectivity index is 2.23. The largest absolute Gasteiger partial charge is 0.493 e. The summed E-state index contributed by atoms with van der Waals surface area (Å²) < 4.78 is 5.89. The minimum atomic E-state index is 0.0609. The van der Waals surface area contributed by atoms with Gasteiger partial charge in [0.2, 0.25) is 0 Å². The van der Waals surface area contributed by atoms with E-state index in [4.69, 9.17) is 10.6 Å². The molecule has 0 spiro atoms. The Hall–Kier alpha value is -1.14. The lowest BCUT2D eigenvalue weighted by Gasteiger charge is -2.42. The van der Waals surface area contributed by atoms with Gasteiger partial charge in [-0.25, -0.2) is 0 Å². The maximum atomic E-state index is 5.89. The third-order valence-electron chi connectivity index (χ3n) is 4.18. The molecule has 0 amide bonds. The molecule has 1 aliphatic rings. The van der Waals surface area contributed by atoms with Crippen LogP contribution in [0.3, 0.4) is 0 Å². The molecular weight excluding hydrogens is 264 g/mol. The fraction of sp³-hybridized carbons (Fsp3) is 0.625. The molecule has 0 aromatic heterocycles. The van der Waals surface area contributed by atoms with Crippen LogP contribution in [0.25, 0.3) is 0 Å². The number of piperazine rings is 1. The second-order valence-corrected chi connectivity index (χ2v) is 5.84. The van der Waals surface area contributed by atoms with Gasteiger partial charge in [0.1, 0.15) is 5.75 Å². The second kappa shape index (κ2) is 7.75. The molecule has 3 N–H and O–H groups in total. The van der Waals surface area contributed by atoms with Crippen molar-refractivity contribution in [2.45, 2.75) is 25.4 Å². The molecule has 2 atom stereocenters. The molecule has 0 aliphatic carbocycles. The smallest absolute Gasteiger partial charge is 0.124 e. The van der Waals surface area contributed by atoms with Gasteiger partial charge in [-0.1, -0.05) is 25.1 Å². The van der Waals surface area contributed by atoms with Gasteiger partial charge in [0.25, 0.3) is 0 Å². The van der Waals surface area contributed by atoms with Crippen molar-refractivity contribution < 1.29 is 4.74 Å². The van der Waals surface area contributed by atoms with Crippen molar-refractivity contribution in [3.8, 4) is 5.75 Å². The van der Waals surface area contributed by atoms with Crippen LogP contribution < -0.4 is 16.0 Å². The Morgan fingerprint density at radius 3 is 2.81 bits per heavy atom. The van der Waals surface area contributed by atoms with E-state index in [1.807, 2.05) is 18.2 Å². The summed E-state index contributed by atoms with van der Waals surface area (Å²) in [5, 5.41) is 0. The SMILES string of the molecule is CCCOc1ccccc1C(NN)C1CN(C)CCN1C. The fourth-order valence-electron chi connectivity index (χ4n) is 2.89. The first-order chi connectivity index (χ1) is 10.2. The van der Waals surface area contributed by atoms with Crippen molar-refractivity contribution in [2.24, 2.45) is 5.84 Å². The standard InChI is InChI=1S/C16H28N4O/c1-4-11-21-15-8-6-5-7-13(15)16(18-17)14-12-19(2)9-10-20(14)3/h5-8,14,16,18H,4,9-12,17H2,1-3H3. The number of hydrazine groups is 1. The first-order valence-electron chi connectivity index (χ1n) is 7.74. The number of nitrogens with two attached hydrogens (primary N) is 1. The van der Waals surface area contributed by atoms with Crippen molar-refractivity contribution in [2.75, 3.05) is 40.3 Å². The maximum absolute atomic E-state index is 5.89. The van der Waals surface area contributed by atoms with Crippen LogP contribution in [0.15, 0.2) is 24.3 Å². The van der Waals surface area contributed by atoms with Crippen molar-refractivity contribution in [3.63, 3.8) is 0 Å². The van der Waals surface area contributed by atoms with Gasteiger partial charge in [-0.2, -0.15) is 0 Å². The van der Waals surface area contributed by atoms with Crippen LogP contribution >= 0.6 is 0 Å². The van der Waals surface area contributed by atoms with Crippen LogP contribution in [-0.4, -0.2) is 56.2 Å². The molecule has 21 heavy (non-hydrogen) atoms. The molecule has 0 radical (unpaired) electrons. The number of rotatable bonds is 6. The van der Waals surface area contributed by atoms with E-state index in [1.54, 1.807) is 0 Å². The normalized spacial score (nSPS) is 22.2. The Labute approximate surface area is 128 Å². The summed E-state index contributed by atoms with van der Waals surface area (Å²) in [6.45, 7) is 5.99. The van der Waals surface area contributed by atoms with Gasteiger partial charge in [0.15, 0.2) is 0 Å². The number of ether oxygens (including phenoxy) is 1. The van der Waals surface area contributed by atoms with E-state index in [-0.39, 0.29) is 6.04 Å². The zero-order chi connectivity index (χ0) is 15.2. The van der Waals surface area contributed by atoms with Crippen molar-refractivity contribution in [3.05, 3.63) is 29.8 Å². The highest BCUT2D eigenvalue weighted by molar-refractivity contribution is 5.37. The van der Waals surface area contributed by atoms with E-state index in [1.165, 1.54) is 0 Å². The Kier molecular flexibility index (Phi) is 5.99. The maximum Gasteiger partial charge on any atom is 0.124 e. The van der Waals surface area contributed by atoms with Crippen LogP contribution in [0.4, 0.5) is 0 Å².